The van der Waals surface area contributed by atoms with Crippen LogP contribution < -0.4 is 0 Å². The number of para-hydroxylation sites is 4. The van der Waals surface area contributed by atoms with Crippen LogP contribution in [0.15, 0.2) is 200 Å². The zero-order chi connectivity index (χ0) is 43.7. The van der Waals surface area contributed by atoms with Crippen LogP contribution in [0, 0.1) is 0 Å². The molecule has 0 bridgehead atoms. The number of hydrogen-bond donors (Lipinski definition) is 0. The van der Waals surface area contributed by atoms with Gasteiger partial charge in [-0.3, -0.25) is 0 Å². The molecule has 0 spiro atoms. The Bertz CT molecular complexity index is 4150. The minimum absolute atomic E-state index is 0.166. The second-order valence-electron chi connectivity index (χ2n) is 18.0. The summed E-state index contributed by atoms with van der Waals surface area (Å²) in [5.41, 5.74) is 14.6. The second kappa shape index (κ2) is 13.9. The van der Waals surface area contributed by atoms with E-state index in [4.69, 9.17) is 15.0 Å². The number of nitrogens with zero attached hydrogens (tertiary/aromatic N) is 5. The van der Waals surface area contributed by atoms with Crippen LogP contribution in [0.3, 0.4) is 0 Å². The largest absolute Gasteiger partial charge is 0.307 e. The van der Waals surface area contributed by atoms with Gasteiger partial charge in [0.1, 0.15) is 0 Å². The van der Waals surface area contributed by atoms with Gasteiger partial charge >= 0.3 is 0 Å². The predicted molar refractivity (Wildman–Crippen MR) is 275 cm³/mol. The molecular formula is C60H39N5S. The Balaban J connectivity index is 1.01. The van der Waals surface area contributed by atoms with E-state index < -0.39 is 0 Å². The van der Waals surface area contributed by atoms with E-state index in [1.165, 1.54) is 69.5 Å². The molecule has 1 aliphatic rings. The molecule has 0 aliphatic heterocycles. The molecule has 0 saturated heterocycles. The molecule has 4 heterocycles. The zero-order valence-corrected chi connectivity index (χ0v) is 37.0. The van der Waals surface area contributed by atoms with Crippen LogP contribution in [-0.4, -0.2) is 24.1 Å². The highest BCUT2D eigenvalue weighted by Gasteiger charge is 2.35. The zero-order valence-electron chi connectivity index (χ0n) is 36.2. The Morgan fingerprint density at radius 2 is 0.924 bits per heavy atom. The molecular weight excluding hydrogens is 823 g/mol. The molecule has 66 heavy (non-hydrogen) atoms. The fourth-order valence-corrected chi connectivity index (χ4v) is 12.0. The molecule has 0 saturated carbocycles. The van der Waals surface area contributed by atoms with Gasteiger partial charge in [0, 0.05) is 69.5 Å². The summed E-state index contributed by atoms with van der Waals surface area (Å²) in [5.74, 6) is 1.93. The summed E-state index contributed by atoms with van der Waals surface area (Å²) in [6.07, 6.45) is 0. The smallest absolute Gasteiger partial charge is 0.164 e. The standard InChI is InChI=1S/C60H39N5S/c1-60(2)48-22-10-6-17-40(48)41-30-27-36(33-49(41)60)57-61-58(63-59(62-57)38-29-32-46-45-20-9-13-26-54(45)66-55(46)35-38)37-28-31-44-42-18-7-12-24-51(42)65(53(44)34-37)52-25-14-21-47-43-19-8-11-23-50(43)64(56(47)52)39-15-4-3-5-16-39/h3-35H,1-2H3. The van der Waals surface area contributed by atoms with Crippen molar-refractivity contribution in [2.24, 2.45) is 0 Å². The molecule has 6 heteroatoms. The highest BCUT2D eigenvalue weighted by Crippen LogP contribution is 2.50. The topological polar surface area (TPSA) is 48.5 Å². The Kier molecular flexibility index (Phi) is 7.84. The van der Waals surface area contributed by atoms with Gasteiger partial charge in [-0.2, -0.15) is 0 Å². The number of hydrogen-bond acceptors (Lipinski definition) is 4. The molecule has 0 radical (unpaired) electrons. The van der Waals surface area contributed by atoms with Gasteiger partial charge in [0.05, 0.1) is 27.8 Å². The van der Waals surface area contributed by atoms with E-state index in [0.29, 0.717) is 17.5 Å². The minimum atomic E-state index is -0.166. The van der Waals surface area contributed by atoms with E-state index in [2.05, 4.69) is 223 Å². The van der Waals surface area contributed by atoms with Crippen molar-refractivity contribution in [3.8, 4) is 56.7 Å². The van der Waals surface area contributed by atoms with Crippen molar-refractivity contribution in [2.45, 2.75) is 19.3 Å². The first-order valence-corrected chi connectivity index (χ1v) is 23.3. The fraction of sp³-hybridized carbons (Fsp3) is 0.0500. The number of benzene rings is 9. The van der Waals surface area contributed by atoms with Crippen molar-refractivity contribution in [1.29, 1.82) is 0 Å². The lowest BCUT2D eigenvalue weighted by molar-refractivity contribution is 0.660. The average molecular weight is 862 g/mol. The molecule has 4 aromatic heterocycles. The summed E-state index contributed by atoms with van der Waals surface area (Å²) in [6.45, 7) is 4.64. The van der Waals surface area contributed by atoms with Gasteiger partial charge in [-0.25, -0.2) is 15.0 Å². The number of aromatic nitrogens is 5. The molecule has 0 unspecified atom stereocenters. The lowest BCUT2D eigenvalue weighted by atomic mass is 9.82. The van der Waals surface area contributed by atoms with Gasteiger partial charge in [0.25, 0.3) is 0 Å². The Labute approximate surface area is 384 Å². The molecule has 5 nitrogen and oxygen atoms in total. The van der Waals surface area contributed by atoms with Gasteiger partial charge in [0.15, 0.2) is 17.5 Å². The lowest BCUT2D eigenvalue weighted by Gasteiger charge is -2.21. The van der Waals surface area contributed by atoms with Crippen LogP contribution in [0.2, 0.25) is 0 Å². The Morgan fingerprint density at radius 3 is 1.71 bits per heavy atom. The van der Waals surface area contributed by atoms with Gasteiger partial charge < -0.3 is 9.13 Å². The fourth-order valence-electron chi connectivity index (χ4n) is 10.9. The van der Waals surface area contributed by atoms with E-state index in [-0.39, 0.29) is 5.41 Å². The van der Waals surface area contributed by atoms with Crippen LogP contribution in [-0.2, 0) is 5.41 Å². The molecule has 0 fully saturated rings. The third kappa shape index (κ3) is 5.36. The number of rotatable bonds is 5. The molecule has 1 aliphatic carbocycles. The summed E-state index contributed by atoms with van der Waals surface area (Å²) in [6, 6.07) is 72.4. The van der Waals surface area contributed by atoms with E-state index in [1.54, 1.807) is 0 Å². The Morgan fingerprint density at radius 1 is 0.379 bits per heavy atom. The van der Waals surface area contributed by atoms with Crippen LogP contribution in [0.25, 0.3) is 120 Å². The average Bonchev–Trinajstić information content (AvgIpc) is 4.09. The number of thiophene rings is 1. The van der Waals surface area contributed by atoms with Crippen LogP contribution in [0.5, 0.6) is 0 Å². The molecule has 0 N–H and O–H groups in total. The minimum Gasteiger partial charge on any atom is -0.307 e. The van der Waals surface area contributed by atoms with Crippen LogP contribution in [0.4, 0.5) is 0 Å². The maximum Gasteiger partial charge on any atom is 0.164 e. The van der Waals surface area contributed by atoms with Gasteiger partial charge in [-0.1, -0.05) is 159 Å². The molecule has 14 rings (SSSR count). The quantitative estimate of drug-likeness (QED) is 0.173. The van der Waals surface area contributed by atoms with Crippen molar-refractivity contribution in [1.82, 2.24) is 24.1 Å². The van der Waals surface area contributed by atoms with Crippen LogP contribution >= 0.6 is 11.3 Å². The molecule has 0 amide bonds. The maximum atomic E-state index is 5.38. The predicted octanol–water partition coefficient (Wildman–Crippen LogP) is 15.7. The van der Waals surface area contributed by atoms with Gasteiger partial charge in [-0.05, 0) is 76.9 Å². The Hall–Kier alpha value is -8.19. The van der Waals surface area contributed by atoms with Crippen molar-refractivity contribution >= 4 is 75.1 Å². The summed E-state index contributed by atoms with van der Waals surface area (Å²) < 4.78 is 7.33. The lowest BCUT2D eigenvalue weighted by Crippen LogP contribution is -2.15. The van der Waals surface area contributed by atoms with E-state index in [1.807, 2.05) is 11.3 Å². The van der Waals surface area contributed by atoms with Crippen LogP contribution in [0.1, 0.15) is 25.0 Å². The summed E-state index contributed by atoms with van der Waals surface area (Å²) >= 11 is 1.81. The highest BCUT2D eigenvalue weighted by atomic mass is 32.1. The number of fused-ring (bicyclic) bond motifs is 12. The molecule has 9 aromatic carbocycles. The SMILES string of the molecule is CC1(C)c2ccccc2-c2ccc(-c3nc(-c4ccc5c(c4)sc4ccccc45)nc(-c4ccc5c6ccccc6n(-c6cccc7c8ccccc8n(-c8ccccc8)c67)c5c4)n3)cc21. The molecule has 13 aromatic rings. The van der Waals surface area contributed by atoms with Crippen molar-refractivity contribution in [2.75, 3.05) is 0 Å². The summed E-state index contributed by atoms with van der Waals surface area (Å²) in [5, 5.41) is 7.29. The van der Waals surface area contributed by atoms with Gasteiger partial charge in [0.2, 0.25) is 0 Å². The normalized spacial score (nSPS) is 13.1. The first-order chi connectivity index (χ1) is 32.5. The molecule has 310 valence electrons. The van der Waals surface area contributed by atoms with E-state index in [9.17, 15) is 0 Å². The van der Waals surface area contributed by atoms with Gasteiger partial charge in [-0.15, -0.1) is 11.3 Å². The molecule has 0 atom stereocenters. The second-order valence-corrected chi connectivity index (χ2v) is 19.1. The first-order valence-electron chi connectivity index (χ1n) is 22.5. The van der Waals surface area contributed by atoms with E-state index in [0.717, 1.165) is 44.6 Å². The monoisotopic (exact) mass is 861 g/mol. The third-order valence-corrected chi connectivity index (χ3v) is 15.1. The van der Waals surface area contributed by atoms with Crippen molar-refractivity contribution in [3.05, 3.63) is 211 Å². The van der Waals surface area contributed by atoms with E-state index >= 15 is 0 Å². The van der Waals surface area contributed by atoms with Crippen molar-refractivity contribution < 1.29 is 0 Å². The van der Waals surface area contributed by atoms with Crippen molar-refractivity contribution in [3.63, 3.8) is 0 Å². The summed E-state index contributed by atoms with van der Waals surface area (Å²) in [7, 11) is 0. The summed E-state index contributed by atoms with van der Waals surface area (Å²) in [4.78, 5) is 16.1. The maximum absolute atomic E-state index is 5.38. The third-order valence-electron chi connectivity index (χ3n) is 14.0. The first kappa shape index (κ1) is 37.2. The highest BCUT2D eigenvalue weighted by molar-refractivity contribution is 7.25.